The van der Waals surface area contributed by atoms with Crippen molar-refractivity contribution in [3.63, 3.8) is 0 Å². The first-order chi connectivity index (χ1) is 18.8. The maximum atomic E-state index is 12.4. The number of nitrogens with one attached hydrogen (secondary N) is 2. The molecular formula is C29H27ClN3NaO6. The van der Waals surface area contributed by atoms with Crippen LogP contribution in [0.25, 0.3) is 10.9 Å². The number of aliphatic hydroxyl groups excluding tert-OH is 2. The first-order valence-corrected chi connectivity index (χ1v) is 12.6. The van der Waals surface area contributed by atoms with Gasteiger partial charge in [-0.2, -0.15) is 0 Å². The zero-order valence-corrected chi connectivity index (χ0v) is 24.6. The number of carbonyl (C=O) groups is 2. The first-order valence-electron chi connectivity index (χ1n) is 12.2. The summed E-state index contributed by atoms with van der Waals surface area (Å²) in [4.78, 5) is 27.4. The predicted molar refractivity (Wildman–Crippen MR) is 145 cm³/mol. The second-order valence-electron chi connectivity index (χ2n) is 8.87. The summed E-state index contributed by atoms with van der Waals surface area (Å²) in [5, 5.41) is 37.6. The number of aromatic nitrogens is 1. The zero-order chi connectivity index (χ0) is 27.8. The van der Waals surface area contributed by atoms with Crippen LogP contribution in [-0.4, -0.2) is 52.8 Å². The van der Waals surface area contributed by atoms with E-state index < -0.39 is 24.5 Å². The molecule has 0 aliphatic carbocycles. The van der Waals surface area contributed by atoms with Gasteiger partial charge in [0, 0.05) is 29.2 Å². The van der Waals surface area contributed by atoms with Gasteiger partial charge < -0.3 is 35.5 Å². The Balaban J connectivity index is 0.00000441. The number of fused-ring (bicyclic) bond motifs is 1. The molecule has 4 aromatic rings. The fourth-order valence-corrected chi connectivity index (χ4v) is 4.29. The number of aliphatic hydroxyl groups is 2. The summed E-state index contributed by atoms with van der Waals surface area (Å²) in [7, 11) is 0. The third kappa shape index (κ3) is 8.49. The van der Waals surface area contributed by atoms with Gasteiger partial charge in [0.1, 0.15) is 11.5 Å². The van der Waals surface area contributed by atoms with Gasteiger partial charge in [-0.3, -0.25) is 9.78 Å². The second-order valence-corrected chi connectivity index (χ2v) is 9.31. The van der Waals surface area contributed by atoms with E-state index in [4.69, 9.17) is 16.3 Å². The topological polar surface area (TPSA) is 144 Å². The summed E-state index contributed by atoms with van der Waals surface area (Å²) in [5.41, 5.74) is 2.25. The van der Waals surface area contributed by atoms with Crippen LogP contribution >= 0.6 is 11.6 Å². The molecule has 1 aromatic heterocycles. The third-order valence-electron chi connectivity index (χ3n) is 6.06. The number of amides is 1. The van der Waals surface area contributed by atoms with Gasteiger partial charge in [-0.25, -0.2) is 0 Å². The average Bonchev–Trinajstić information content (AvgIpc) is 2.94. The number of aliphatic carboxylic acids is 1. The molecule has 0 bridgehead atoms. The van der Waals surface area contributed by atoms with Gasteiger partial charge in [0.05, 0.1) is 36.3 Å². The Kier molecular flexibility index (Phi) is 11.9. The van der Waals surface area contributed by atoms with E-state index in [2.05, 4.69) is 15.6 Å². The minimum Gasteiger partial charge on any atom is -0.548 e. The number of ether oxygens (including phenoxy) is 1. The van der Waals surface area contributed by atoms with Crippen molar-refractivity contribution in [3.8, 4) is 11.5 Å². The van der Waals surface area contributed by atoms with Crippen LogP contribution in [0.15, 0.2) is 79.0 Å². The molecule has 9 nitrogen and oxygen atoms in total. The number of carbonyl (C=O) groups excluding carboxylic acids is 2. The van der Waals surface area contributed by atoms with E-state index in [0.717, 1.165) is 5.56 Å². The quantitative estimate of drug-likeness (QED) is 0.165. The van der Waals surface area contributed by atoms with Gasteiger partial charge in [0.25, 0.3) is 5.91 Å². The molecule has 1 heterocycles. The molecule has 0 radical (unpaired) electrons. The van der Waals surface area contributed by atoms with Gasteiger partial charge in [-0.15, -0.1) is 0 Å². The number of carboxylic acids is 1. The summed E-state index contributed by atoms with van der Waals surface area (Å²) in [6, 6.07) is 20.8. The summed E-state index contributed by atoms with van der Waals surface area (Å²) in [6.45, 7) is -0.454. The maximum Gasteiger partial charge on any atom is 1.00 e. The van der Waals surface area contributed by atoms with E-state index in [1.54, 1.807) is 60.7 Å². The van der Waals surface area contributed by atoms with Gasteiger partial charge in [-0.05, 0) is 60.0 Å². The van der Waals surface area contributed by atoms with Crippen molar-refractivity contribution in [2.75, 3.05) is 19.7 Å². The van der Waals surface area contributed by atoms with E-state index in [1.165, 1.54) is 6.20 Å². The number of hydrogen-bond acceptors (Lipinski definition) is 8. The fourth-order valence-electron chi connectivity index (χ4n) is 4.09. The molecule has 2 atom stereocenters. The molecule has 202 valence electrons. The molecule has 0 saturated heterocycles. The fraction of sp³-hybridized carbons (Fsp3) is 0.207. The Labute approximate surface area is 258 Å². The van der Waals surface area contributed by atoms with Crippen LogP contribution in [0, 0.1) is 0 Å². The minimum absolute atomic E-state index is 0. The zero-order valence-electron chi connectivity index (χ0n) is 21.8. The Morgan fingerprint density at radius 3 is 2.50 bits per heavy atom. The molecule has 4 rings (SSSR count). The van der Waals surface area contributed by atoms with Crippen molar-refractivity contribution in [2.45, 2.75) is 18.6 Å². The molecule has 0 aliphatic heterocycles. The molecule has 0 aliphatic rings. The Morgan fingerprint density at radius 1 is 1.05 bits per heavy atom. The Morgan fingerprint density at radius 2 is 1.80 bits per heavy atom. The molecule has 0 unspecified atom stereocenters. The normalized spacial score (nSPS) is 12.3. The Hall–Kier alpha value is -3.02. The van der Waals surface area contributed by atoms with Gasteiger partial charge in [-0.1, -0.05) is 41.9 Å². The summed E-state index contributed by atoms with van der Waals surface area (Å²) in [6.07, 6.45) is 1.28. The minimum atomic E-state index is -1.39. The van der Waals surface area contributed by atoms with Crippen LogP contribution in [0.3, 0.4) is 0 Å². The van der Waals surface area contributed by atoms with Crippen molar-refractivity contribution in [1.82, 2.24) is 15.6 Å². The van der Waals surface area contributed by atoms with E-state index in [0.29, 0.717) is 39.4 Å². The predicted octanol–water partition coefficient (Wildman–Crippen LogP) is -0.609. The molecule has 0 saturated carbocycles. The van der Waals surface area contributed by atoms with Crippen LogP contribution in [0.2, 0.25) is 5.02 Å². The van der Waals surface area contributed by atoms with Crippen molar-refractivity contribution in [2.24, 2.45) is 0 Å². The molecule has 4 N–H and O–H groups in total. The van der Waals surface area contributed by atoms with Crippen molar-refractivity contribution in [3.05, 3.63) is 101 Å². The molecule has 1 amide bonds. The van der Waals surface area contributed by atoms with E-state index in [1.807, 2.05) is 12.1 Å². The van der Waals surface area contributed by atoms with Gasteiger partial charge >= 0.3 is 29.6 Å². The van der Waals surface area contributed by atoms with Crippen molar-refractivity contribution < 1.29 is 59.2 Å². The Bertz CT molecular complexity index is 1450. The number of rotatable bonds is 12. The van der Waals surface area contributed by atoms with E-state index >= 15 is 0 Å². The van der Waals surface area contributed by atoms with Crippen LogP contribution < -0.4 is 50.0 Å². The van der Waals surface area contributed by atoms with Crippen LogP contribution in [0.4, 0.5) is 0 Å². The number of para-hydroxylation sites is 1. The van der Waals surface area contributed by atoms with Crippen molar-refractivity contribution >= 4 is 34.4 Å². The summed E-state index contributed by atoms with van der Waals surface area (Å²) >= 11 is 6.00. The van der Waals surface area contributed by atoms with Crippen LogP contribution in [-0.2, 0) is 11.2 Å². The number of nitrogens with zero attached hydrogens (tertiary/aromatic N) is 1. The molecule has 40 heavy (non-hydrogen) atoms. The van der Waals surface area contributed by atoms with Crippen LogP contribution in [0.5, 0.6) is 11.5 Å². The molecule has 11 heteroatoms. The average molecular weight is 572 g/mol. The summed E-state index contributed by atoms with van der Waals surface area (Å²) < 4.78 is 6.06. The van der Waals surface area contributed by atoms with Crippen LogP contribution in [0.1, 0.15) is 27.6 Å². The number of carboxylic acid groups (broad SMARTS) is 1. The SMILES string of the molecule is O=C([O-])CNC(=O)c1cccc2c(Oc3ccc(C[C@@H](CO)NC[C@H](O)c4cccc(Cl)c4)cc3)ccnc12.[Na+]. The number of halogens is 1. The summed E-state index contributed by atoms with van der Waals surface area (Å²) in [5.74, 6) is -0.929. The number of pyridine rings is 1. The molecule has 0 fully saturated rings. The molecule has 3 aromatic carbocycles. The standard InChI is InChI=1S/C29H28ClN3O6.Na/c30-20-4-1-3-19(14-20)25(35)15-32-21(17-34)13-18-7-9-22(10-8-18)39-26-11-12-31-28-23(26)5-2-6-24(28)29(38)33-16-27(36)37;/h1-12,14,21,25,32,34-35H,13,15-17H2,(H,33,38)(H,36,37);/q;+1/p-1/t21-,25-;/m0./s1. The maximum absolute atomic E-state index is 12.4. The smallest absolute Gasteiger partial charge is 0.548 e. The van der Waals surface area contributed by atoms with Crippen molar-refractivity contribution in [1.29, 1.82) is 0 Å². The van der Waals surface area contributed by atoms with Gasteiger partial charge in [0.15, 0.2) is 0 Å². The van der Waals surface area contributed by atoms with Gasteiger partial charge in [0.2, 0.25) is 0 Å². The number of benzene rings is 3. The van der Waals surface area contributed by atoms with E-state index in [-0.39, 0.29) is 54.3 Å². The largest absolute Gasteiger partial charge is 1.00 e. The monoisotopic (exact) mass is 571 g/mol. The first kappa shape index (κ1) is 31.5. The number of hydrogen-bond donors (Lipinski definition) is 4. The second kappa shape index (κ2) is 15.1. The molecule has 0 spiro atoms. The molecular weight excluding hydrogens is 545 g/mol. The third-order valence-corrected chi connectivity index (χ3v) is 6.29. The van der Waals surface area contributed by atoms with E-state index in [9.17, 15) is 24.9 Å².